The second-order valence-corrected chi connectivity index (χ2v) is 4.91. The van der Waals surface area contributed by atoms with E-state index >= 15 is 0 Å². The summed E-state index contributed by atoms with van der Waals surface area (Å²) >= 11 is 3.26. The number of aromatic nitrogens is 1. The lowest BCUT2D eigenvalue weighted by Gasteiger charge is -2.34. The van der Waals surface area contributed by atoms with Crippen LogP contribution in [0.2, 0.25) is 0 Å². The van der Waals surface area contributed by atoms with Crippen LogP contribution in [0.15, 0.2) is 16.7 Å². The van der Waals surface area contributed by atoms with Crippen molar-refractivity contribution in [3.8, 4) is 0 Å². The van der Waals surface area contributed by atoms with E-state index < -0.39 is 0 Å². The van der Waals surface area contributed by atoms with Crippen molar-refractivity contribution in [2.45, 2.75) is 6.04 Å². The first-order valence-corrected chi connectivity index (χ1v) is 6.33. The van der Waals surface area contributed by atoms with E-state index in [2.05, 4.69) is 20.9 Å². The van der Waals surface area contributed by atoms with Crippen LogP contribution in [0, 0.1) is 0 Å². The lowest BCUT2D eigenvalue weighted by Crippen LogP contribution is -2.50. The minimum atomic E-state index is -0.329. The highest BCUT2D eigenvalue weighted by molar-refractivity contribution is 9.10. The highest BCUT2D eigenvalue weighted by Crippen LogP contribution is 2.19. The topological polar surface area (TPSA) is 88.7 Å². The van der Waals surface area contributed by atoms with Crippen LogP contribution >= 0.6 is 15.9 Å². The molecule has 2 rings (SSSR count). The largest absolute Gasteiger partial charge is 0.394 e. The van der Waals surface area contributed by atoms with Gasteiger partial charge in [0.15, 0.2) is 0 Å². The van der Waals surface area contributed by atoms with E-state index in [4.69, 9.17) is 10.5 Å². The van der Waals surface area contributed by atoms with Gasteiger partial charge < -0.3 is 20.5 Å². The lowest BCUT2D eigenvalue weighted by atomic mass is 10.1. The predicted octanol–water partition coefficient (Wildman–Crippen LogP) is 0.260. The Labute approximate surface area is 113 Å². The molecule has 1 aliphatic rings. The van der Waals surface area contributed by atoms with Crippen LogP contribution in [0.4, 0.5) is 5.82 Å². The zero-order valence-corrected chi connectivity index (χ0v) is 11.3. The van der Waals surface area contributed by atoms with Gasteiger partial charge in [-0.1, -0.05) is 0 Å². The van der Waals surface area contributed by atoms with Crippen LogP contribution < -0.4 is 5.73 Å². The number of nitrogen functional groups attached to an aromatic ring is 1. The van der Waals surface area contributed by atoms with Crippen LogP contribution in [0.25, 0.3) is 0 Å². The summed E-state index contributed by atoms with van der Waals surface area (Å²) in [6.45, 7) is 1.11. The van der Waals surface area contributed by atoms with E-state index in [1.165, 1.54) is 6.20 Å². The van der Waals surface area contributed by atoms with Gasteiger partial charge in [-0.05, 0) is 22.0 Å². The fourth-order valence-electron chi connectivity index (χ4n) is 1.85. The molecule has 1 fully saturated rings. The molecule has 0 bridgehead atoms. The van der Waals surface area contributed by atoms with E-state index in [0.717, 1.165) is 0 Å². The van der Waals surface area contributed by atoms with E-state index in [0.29, 0.717) is 29.8 Å². The Kier molecular flexibility index (Phi) is 4.15. The number of rotatable bonds is 2. The van der Waals surface area contributed by atoms with Crippen molar-refractivity contribution in [2.75, 3.05) is 32.1 Å². The zero-order valence-electron chi connectivity index (χ0n) is 9.67. The van der Waals surface area contributed by atoms with Crippen molar-refractivity contribution in [1.29, 1.82) is 0 Å². The first-order chi connectivity index (χ1) is 8.63. The summed E-state index contributed by atoms with van der Waals surface area (Å²) in [6.07, 6.45) is 1.54. The monoisotopic (exact) mass is 315 g/mol. The third kappa shape index (κ3) is 2.63. The normalized spacial score (nSPS) is 19.9. The quantitative estimate of drug-likeness (QED) is 0.817. The van der Waals surface area contributed by atoms with Gasteiger partial charge in [-0.25, -0.2) is 4.98 Å². The van der Waals surface area contributed by atoms with Gasteiger partial charge >= 0.3 is 0 Å². The Hall–Kier alpha value is -1.18. The first-order valence-electron chi connectivity index (χ1n) is 5.54. The molecule has 6 nitrogen and oxygen atoms in total. The number of hydrogen-bond acceptors (Lipinski definition) is 5. The molecule has 1 amide bonds. The van der Waals surface area contributed by atoms with Crippen molar-refractivity contribution >= 4 is 27.7 Å². The lowest BCUT2D eigenvalue weighted by molar-refractivity contribution is -0.0183. The Morgan fingerprint density at radius 3 is 3.22 bits per heavy atom. The summed E-state index contributed by atoms with van der Waals surface area (Å²) in [5.41, 5.74) is 6.05. The molecule has 1 aromatic heterocycles. The highest BCUT2D eigenvalue weighted by atomic mass is 79.9. The fourth-order valence-corrected chi connectivity index (χ4v) is 2.18. The van der Waals surface area contributed by atoms with Crippen LogP contribution in [0.3, 0.4) is 0 Å². The van der Waals surface area contributed by atoms with Gasteiger partial charge in [-0.15, -0.1) is 0 Å². The number of nitrogens with zero attached hydrogens (tertiary/aromatic N) is 2. The van der Waals surface area contributed by atoms with Crippen molar-refractivity contribution in [1.82, 2.24) is 9.88 Å². The number of aliphatic hydroxyl groups is 1. The van der Waals surface area contributed by atoms with Gasteiger partial charge in [0.2, 0.25) is 0 Å². The number of carbonyl (C=O) groups excluding carboxylic acids is 1. The molecule has 7 heteroatoms. The molecule has 1 unspecified atom stereocenters. The van der Waals surface area contributed by atoms with Crippen molar-refractivity contribution in [3.63, 3.8) is 0 Å². The molecule has 0 aromatic carbocycles. The number of aliphatic hydroxyl groups excluding tert-OH is 1. The van der Waals surface area contributed by atoms with Crippen LogP contribution in [-0.4, -0.2) is 53.3 Å². The Balaban J connectivity index is 2.26. The minimum absolute atomic E-state index is 0.132. The molecule has 1 saturated heterocycles. The Morgan fingerprint density at radius 1 is 1.72 bits per heavy atom. The van der Waals surface area contributed by atoms with Crippen molar-refractivity contribution in [3.05, 3.63) is 22.3 Å². The number of amides is 1. The van der Waals surface area contributed by atoms with Crippen molar-refractivity contribution < 1.29 is 14.6 Å². The molecule has 1 atom stereocenters. The third-order valence-corrected chi connectivity index (χ3v) is 3.25. The fraction of sp³-hybridized carbons (Fsp3) is 0.455. The summed E-state index contributed by atoms with van der Waals surface area (Å²) in [5.74, 6) is -0.0463. The summed E-state index contributed by atoms with van der Waals surface area (Å²) in [5, 5.41) is 9.25. The molecule has 0 aliphatic carbocycles. The van der Waals surface area contributed by atoms with Crippen LogP contribution in [0.5, 0.6) is 0 Å². The molecule has 0 radical (unpaired) electrons. The smallest absolute Gasteiger partial charge is 0.258 e. The number of carbonyl (C=O) groups is 1. The minimum Gasteiger partial charge on any atom is -0.394 e. The van der Waals surface area contributed by atoms with Crippen LogP contribution in [-0.2, 0) is 4.74 Å². The summed E-state index contributed by atoms with van der Waals surface area (Å²) < 4.78 is 5.92. The van der Waals surface area contributed by atoms with Gasteiger partial charge in [0.1, 0.15) is 5.82 Å². The summed E-state index contributed by atoms with van der Waals surface area (Å²) in [7, 11) is 0. The summed E-state index contributed by atoms with van der Waals surface area (Å²) in [6, 6.07) is 1.30. The second kappa shape index (κ2) is 5.64. The van der Waals surface area contributed by atoms with Gasteiger partial charge in [0.05, 0.1) is 31.4 Å². The number of hydrogen-bond donors (Lipinski definition) is 2. The number of anilines is 1. The van der Waals surface area contributed by atoms with Gasteiger partial charge in [0.25, 0.3) is 5.91 Å². The number of morpholine rings is 1. The molecule has 0 saturated carbocycles. The maximum Gasteiger partial charge on any atom is 0.258 e. The van der Waals surface area contributed by atoms with E-state index in [1.54, 1.807) is 11.0 Å². The molecular formula is C11H14BrN3O3. The number of halogens is 1. The average Bonchev–Trinajstić information content (AvgIpc) is 2.40. The predicted molar refractivity (Wildman–Crippen MR) is 69.1 cm³/mol. The molecule has 3 N–H and O–H groups in total. The SMILES string of the molecule is Nc1ncc(Br)cc1C(=O)N1CCOCC1CO. The molecule has 1 aliphatic heterocycles. The van der Waals surface area contributed by atoms with E-state index in [1.807, 2.05) is 0 Å². The maximum atomic E-state index is 12.4. The average molecular weight is 316 g/mol. The van der Waals surface area contributed by atoms with Gasteiger partial charge in [0, 0.05) is 17.2 Å². The Bertz CT molecular complexity index is 455. The maximum absolute atomic E-state index is 12.4. The molecule has 2 heterocycles. The van der Waals surface area contributed by atoms with Gasteiger partial charge in [-0.3, -0.25) is 4.79 Å². The molecule has 18 heavy (non-hydrogen) atoms. The first kappa shape index (κ1) is 13.3. The standard InChI is InChI=1S/C11H14BrN3O3/c12-7-3-9(10(13)14-4-7)11(17)15-1-2-18-6-8(15)5-16/h3-4,8,16H,1-2,5-6H2,(H2,13,14). The molecule has 0 spiro atoms. The van der Waals surface area contributed by atoms with Gasteiger partial charge in [-0.2, -0.15) is 0 Å². The third-order valence-electron chi connectivity index (χ3n) is 2.81. The van der Waals surface area contributed by atoms with E-state index in [-0.39, 0.29) is 24.4 Å². The Morgan fingerprint density at radius 2 is 2.50 bits per heavy atom. The van der Waals surface area contributed by atoms with Crippen molar-refractivity contribution in [2.24, 2.45) is 0 Å². The number of nitrogens with two attached hydrogens (primary N) is 1. The second-order valence-electron chi connectivity index (χ2n) is 4.00. The number of ether oxygens (including phenoxy) is 1. The van der Waals surface area contributed by atoms with E-state index in [9.17, 15) is 9.90 Å². The molecule has 98 valence electrons. The number of pyridine rings is 1. The summed E-state index contributed by atoms with van der Waals surface area (Å²) in [4.78, 5) is 17.9. The van der Waals surface area contributed by atoms with Crippen LogP contribution in [0.1, 0.15) is 10.4 Å². The molecule has 1 aromatic rings. The molecular weight excluding hydrogens is 302 g/mol. The highest BCUT2D eigenvalue weighted by Gasteiger charge is 2.28. The zero-order chi connectivity index (χ0) is 13.1.